The number of halogens is 1. The largest absolute Gasteiger partial charge is 0.345 e. The molecule has 0 spiro atoms. The molecule has 0 aliphatic carbocycles. The first kappa shape index (κ1) is 14.5. The summed E-state index contributed by atoms with van der Waals surface area (Å²) in [5, 5.41) is 1.76. The van der Waals surface area contributed by atoms with Gasteiger partial charge in [0.1, 0.15) is 5.38 Å². The number of amides is 2. The molecular formula is C13H17ClN2O2. The van der Waals surface area contributed by atoms with Gasteiger partial charge in [0.05, 0.1) is 6.54 Å². The van der Waals surface area contributed by atoms with Crippen LogP contribution in [0.4, 0.5) is 0 Å². The summed E-state index contributed by atoms with van der Waals surface area (Å²) in [5.74, 6) is -0.497. The third-order valence-electron chi connectivity index (χ3n) is 2.64. The Labute approximate surface area is 112 Å². The maximum Gasteiger partial charge on any atom is 0.243 e. The molecular weight excluding hydrogens is 252 g/mol. The van der Waals surface area contributed by atoms with Crippen molar-refractivity contribution < 1.29 is 9.59 Å². The monoisotopic (exact) mass is 268 g/mol. The van der Waals surface area contributed by atoms with Gasteiger partial charge in [-0.15, -0.1) is 11.6 Å². The fourth-order valence-corrected chi connectivity index (χ4v) is 1.56. The Morgan fingerprint density at radius 3 is 2.50 bits per heavy atom. The number of benzene rings is 1. The third kappa shape index (κ3) is 4.04. The van der Waals surface area contributed by atoms with Crippen LogP contribution >= 0.6 is 11.6 Å². The summed E-state index contributed by atoms with van der Waals surface area (Å²) in [5.41, 5.74) is 0.716. The van der Waals surface area contributed by atoms with Crippen LogP contribution < -0.4 is 5.32 Å². The van der Waals surface area contributed by atoms with Crippen molar-refractivity contribution in [1.82, 2.24) is 10.2 Å². The smallest absolute Gasteiger partial charge is 0.243 e. The normalized spacial score (nSPS) is 11.7. The molecule has 0 bridgehead atoms. The summed E-state index contributed by atoms with van der Waals surface area (Å²) in [6, 6.07) is 9.03. The van der Waals surface area contributed by atoms with Gasteiger partial charge in [0.15, 0.2) is 0 Å². The molecule has 1 atom stereocenters. The Kier molecular flexibility index (Phi) is 5.65. The molecule has 1 aromatic rings. The van der Waals surface area contributed by atoms with Crippen LogP contribution in [-0.4, -0.2) is 36.9 Å². The Balaban J connectivity index is 2.49. The molecule has 0 saturated carbocycles. The van der Waals surface area contributed by atoms with E-state index in [-0.39, 0.29) is 18.4 Å². The number of likely N-dealkylation sites (N-methyl/N-ethyl adjacent to an activating group) is 1. The van der Waals surface area contributed by atoms with Crippen molar-refractivity contribution >= 4 is 23.4 Å². The molecule has 1 aromatic carbocycles. The molecule has 98 valence electrons. The van der Waals surface area contributed by atoms with Crippen molar-refractivity contribution in [3.8, 4) is 0 Å². The Bertz CT molecular complexity index is 409. The van der Waals surface area contributed by atoms with Crippen molar-refractivity contribution in [3.05, 3.63) is 35.9 Å². The lowest BCUT2D eigenvalue weighted by molar-refractivity contribution is -0.131. The summed E-state index contributed by atoms with van der Waals surface area (Å²) in [7, 11) is 1.68. The summed E-state index contributed by atoms with van der Waals surface area (Å²) in [6.07, 6.45) is 0. The highest BCUT2D eigenvalue weighted by molar-refractivity contribution is 6.30. The molecule has 0 radical (unpaired) electrons. The molecule has 1 rings (SSSR count). The van der Waals surface area contributed by atoms with Gasteiger partial charge in [-0.05, 0) is 12.5 Å². The van der Waals surface area contributed by atoms with Crippen LogP contribution in [0.2, 0.25) is 0 Å². The molecule has 2 amide bonds. The summed E-state index contributed by atoms with van der Waals surface area (Å²) >= 11 is 6.02. The van der Waals surface area contributed by atoms with E-state index in [0.29, 0.717) is 12.1 Å². The fraction of sp³-hybridized carbons (Fsp3) is 0.385. The van der Waals surface area contributed by atoms with E-state index < -0.39 is 5.38 Å². The summed E-state index contributed by atoms with van der Waals surface area (Å²) in [4.78, 5) is 24.8. The quantitative estimate of drug-likeness (QED) is 0.824. The van der Waals surface area contributed by atoms with Crippen LogP contribution in [0.3, 0.4) is 0 Å². The second-order valence-electron chi connectivity index (χ2n) is 3.90. The van der Waals surface area contributed by atoms with Crippen molar-refractivity contribution in [3.63, 3.8) is 0 Å². The SMILES string of the molecule is CCN(C)C(=O)CNC(=O)C(Cl)c1ccccc1. The lowest BCUT2D eigenvalue weighted by Crippen LogP contribution is -2.39. The predicted molar refractivity (Wildman–Crippen MR) is 71.4 cm³/mol. The van der Waals surface area contributed by atoms with Gasteiger partial charge in [0.2, 0.25) is 11.8 Å². The predicted octanol–water partition coefficient (Wildman–Crippen LogP) is 1.56. The van der Waals surface area contributed by atoms with Crippen LogP contribution in [0.25, 0.3) is 0 Å². The molecule has 1 unspecified atom stereocenters. The first-order valence-electron chi connectivity index (χ1n) is 5.77. The molecule has 0 aliphatic heterocycles. The molecule has 5 heteroatoms. The average Bonchev–Trinajstić information content (AvgIpc) is 2.43. The first-order valence-corrected chi connectivity index (χ1v) is 6.20. The van der Waals surface area contributed by atoms with Gasteiger partial charge in [0.25, 0.3) is 0 Å². The third-order valence-corrected chi connectivity index (χ3v) is 3.09. The zero-order valence-corrected chi connectivity index (χ0v) is 11.3. The molecule has 0 aromatic heterocycles. The van der Waals surface area contributed by atoms with Crippen LogP contribution in [0.1, 0.15) is 17.9 Å². The van der Waals surface area contributed by atoms with E-state index >= 15 is 0 Å². The van der Waals surface area contributed by atoms with Gasteiger partial charge in [-0.1, -0.05) is 30.3 Å². The van der Waals surface area contributed by atoms with Crippen molar-refractivity contribution in [2.24, 2.45) is 0 Å². The van der Waals surface area contributed by atoms with Crippen molar-refractivity contribution in [2.45, 2.75) is 12.3 Å². The first-order chi connectivity index (χ1) is 8.56. The minimum atomic E-state index is -0.772. The lowest BCUT2D eigenvalue weighted by atomic mass is 10.1. The zero-order valence-electron chi connectivity index (χ0n) is 10.5. The maximum atomic E-state index is 11.7. The fourth-order valence-electron chi connectivity index (χ4n) is 1.34. The number of nitrogens with one attached hydrogen (secondary N) is 1. The lowest BCUT2D eigenvalue weighted by Gasteiger charge is -2.16. The molecule has 18 heavy (non-hydrogen) atoms. The van der Waals surface area contributed by atoms with Gasteiger partial charge in [-0.2, -0.15) is 0 Å². The molecule has 1 N–H and O–H groups in total. The van der Waals surface area contributed by atoms with Crippen molar-refractivity contribution in [1.29, 1.82) is 0 Å². The number of carbonyl (C=O) groups excluding carboxylic acids is 2. The zero-order chi connectivity index (χ0) is 13.5. The number of alkyl halides is 1. The van der Waals surface area contributed by atoms with E-state index in [1.165, 1.54) is 4.90 Å². The summed E-state index contributed by atoms with van der Waals surface area (Å²) in [6.45, 7) is 2.45. The molecule has 0 aliphatic rings. The second-order valence-corrected chi connectivity index (χ2v) is 4.34. The van der Waals surface area contributed by atoms with E-state index in [9.17, 15) is 9.59 Å². The van der Waals surface area contributed by atoms with E-state index in [4.69, 9.17) is 11.6 Å². The van der Waals surface area contributed by atoms with Crippen LogP contribution in [0.15, 0.2) is 30.3 Å². The van der Waals surface area contributed by atoms with E-state index in [0.717, 1.165) is 0 Å². The Morgan fingerprint density at radius 1 is 1.33 bits per heavy atom. The standard InChI is InChI=1S/C13H17ClN2O2/c1-3-16(2)11(17)9-15-13(18)12(14)10-7-5-4-6-8-10/h4-8,12H,3,9H2,1-2H3,(H,15,18). The maximum absolute atomic E-state index is 11.7. The Hall–Kier alpha value is -1.55. The van der Waals surface area contributed by atoms with Gasteiger partial charge in [-0.25, -0.2) is 0 Å². The van der Waals surface area contributed by atoms with E-state index in [1.54, 1.807) is 19.2 Å². The highest BCUT2D eigenvalue weighted by Gasteiger charge is 2.18. The average molecular weight is 269 g/mol. The second kappa shape index (κ2) is 7.01. The van der Waals surface area contributed by atoms with Gasteiger partial charge < -0.3 is 10.2 Å². The molecule has 0 saturated heterocycles. The Morgan fingerprint density at radius 2 is 1.94 bits per heavy atom. The molecule has 0 heterocycles. The molecule has 0 fully saturated rings. The number of rotatable bonds is 5. The molecule has 4 nitrogen and oxygen atoms in total. The van der Waals surface area contributed by atoms with Crippen LogP contribution in [0, 0.1) is 0 Å². The van der Waals surface area contributed by atoms with E-state index in [2.05, 4.69) is 5.32 Å². The van der Waals surface area contributed by atoms with Crippen LogP contribution in [0.5, 0.6) is 0 Å². The van der Waals surface area contributed by atoms with Gasteiger partial charge >= 0.3 is 0 Å². The number of nitrogens with zero attached hydrogens (tertiary/aromatic N) is 1. The number of hydrogen-bond acceptors (Lipinski definition) is 2. The number of hydrogen-bond donors (Lipinski definition) is 1. The van der Waals surface area contributed by atoms with Gasteiger partial charge in [0, 0.05) is 13.6 Å². The van der Waals surface area contributed by atoms with E-state index in [1.807, 2.05) is 25.1 Å². The van der Waals surface area contributed by atoms with Crippen LogP contribution in [-0.2, 0) is 9.59 Å². The summed E-state index contributed by atoms with van der Waals surface area (Å²) < 4.78 is 0. The number of carbonyl (C=O) groups is 2. The minimum absolute atomic E-state index is 0.0285. The topological polar surface area (TPSA) is 49.4 Å². The highest BCUT2D eigenvalue weighted by atomic mass is 35.5. The van der Waals surface area contributed by atoms with Gasteiger partial charge in [-0.3, -0.25) is 9.59 Å². The van der Waals surface area contributed by atoms with Crippen molar-refractivity contribution in [2.75, 3.05) is 20.1 Å². The minimum Gasteiger partial charge on any atom is -0.345 e. The highest BCUT2D eigenvalue weighted by Crippen LogP contribution is 2.19.